The molecule has 0 bridgehead atoms. The van der Waals surface area contributed by atoms with Gasteiger partial charge in [0.2, 0.25) is 0 Å². The van der Waals surface area contributed by atoms with E-state index in [1.54, 1.807) is 12.2 Å². The lowest BCUT2D eigenvalue weighted by Gasteiger charge is -2.21. The molecule has 0 aliphatic rings. The molecule has 7 aromatic carbocycles. The zero-order chi connectivity index (χ0) is 34.2. The third-order valence-electron chi connectivity index (χ3n) is 8.72. The van der Waals surface area contributed by atoms with Crippen LogP contribution < -0.4 is 11.5 Å². The van der Waals surface area contributed by atoms with Crippen LogP contribution in [0.2, 0.25) is 0 Å². The van der Waals surface area contributed by atoms with E-state index in [0.717, 1.165) is 44.1 Å². The molecule has 8 aromatic rings. The van der Waals surface area contributed by atoms with Gasteiger partial charge in [0.15, 0.2) is 0 Å². The third-order valence-corrected chi connectivity index (χ3v) is 8.72. The molecule has 3 heteroatoms. The first-order valence-electron chi connectivity index (χ1n) is 16.4. The molecule has 0 saturated carbocycles. The molecule has 0 fully saturated rings. The predicted octanol–water partition coefficient (Wildman–Crippen LogP) is 11.8. The molecule has 0 saturated heterocycles. The summed E-state index contributed by atoms with van der Waals surface area (Å²) in [6.07, 6.45) is 3.28. The maximum atomic E-state index is 6.53. The van der Waals surface area contributed by atoms with Crippen LogP contribution in [-0.2, 0) is 0 Å². The highest BCUT2D eigenvalue weighted by molar-refractivity contribution is 6.19. The van der Waals surface area contributed by atoms with Crippen LogP contribution in [0.25, 0.3) is 55.0 Å². The van der Waals surface area contributed by atoms with Crippen LogP contribution in [0.4, 0.5) is 5.69 Å². The number of rotatable bonds is 6. The van der Waals surface area contributed by atoms with E-state index < -0.39 is 0 Å². The van der Waals surface area contributed by atoms with Crippen molar-refractivity contribution in [1.29, 1.82) is 0 Å². The number of furan rings is 1. The molecule has 49 heavy (non-hydrogen) atoms. The summed E-state index contributed by atoms with van der Waals surface area (Å²) in [6.45, 7) is 6.72. The number of nitrogens with two attached hydrogens (primary N) is 2. The first-order valence-corrected chi connectivity index (χ1v) is 16.4. The zero-order valence-electron chi connectivity index (χ0n) is 27.7. The molecule has 1 atom stereocenters. The molecule has 0 aliphatic heterocycles. The number of allylic oxidation sites excluding steroid dienone is 2. The van der Waals surface area contributed by atoms with Gasteiger partial charge >= 0.3 is 0 Å². The van der Waals surface area contributed by atoms with Crippen LogP contribution in [-0.4, -0.2) is 7.05 Å². The molecule has 0 amide bonds. The Hall–Kier alpha value is -6.16. The molecule has 1 heterocycles. The highest BCUT2D eigenvalue weighted by atomic mass is 16.3. The molecule has 3 nitrogen and oxygen atoms in total. The van der Waals surface area contributed by atoms with Gasteiger partial charge in [-0.05, 0) is 75.6 Å². The van der Waals surface area contributed by atoms with E-state index in [9.17, 15) is 0 Å². The summed E-state index contributed by atoms with van der Waals surface area (Å²) in [7, 11) is 1.50. The molecule has 1 aromatic heterocycles. The molecule has 240 valence electrons. The van der Waals surface area contributed by atoms with Gasteiger partial charge in [-0.25, -0.2) is 0 Å². The SMILES string of the molecule is C=CC=C.CN.Nc1ccccc1C(c1ccccc1)c1cccc(-c2cccc(-c3cccc4oc5c6ccccc6ccc5c34)c2)c1. The quantitative estimate of drug-likeness (QED) is 0.108. The Bertz CT molecular complexity index is 2360. The number of hydrogen-bond donors (Lipinski definition) is 2. The summed E-state index contributed by atoms with van der Waals surface area (Å²) in [5.41, 5.74) is 21.9. The largest absolute Gasteiger partial charge is 0.455 e. The van der Waals surface area contributed by atoms with Gasteiger partial charge in [-0.15, -0.1) is 0 Å². The highest BCUT2D eigenvalue weighted by Gasteiger charge is 2.20. The van der Waals surface area contributed by atoms with Gasteiger partial charge in [-0.2, -0.15) is 0 Å². The van der Waals surface area contributed by atoms with Crippen molar-refractivity contribution < 1.29 is 4.42 Å². The predicted molar refractivity (Wildman–Crippen MR) is 211 cm³/mol. The monoisotopic (exact) mass is 636 g/mol. The molecule has 0 aliphatic carbocycles. The zero-order valence-corrected chi connectivity index (χ0v) is 27.7. The van der Waals surface area contributed by atoms with Gasteiger partial charge in [0.1, 0.15) is 11.2 Å². The van der Waals surface area contributed by atoms with Gasteiger partial charge in [0.25, 0.3) is 0 Å². The highest BCUT2D eigenvalue weighted by Crippen LogP contribution is 2.41. The third kappa shape index (κ3) is 6.66. The fraction of sp³-hybridized carbons (Fsp3) is 0.0435. The summed E-state index contributed by atoms with van der Waals surface area (Å²) in [4.78, 5) is 0. The molecule has 4 N–H and O–H groups in total. The smallest absolute Gasteiger partial charge is 0.143 e. The number of fused-ring (bicyclic) bond motifs is 5. The number of anilines is 1. The fourth-order valence-electron chi connectivity index (χ4n) is 6.53. The summed E-state index contributed by atoms with van der Waals surface area (Å²) in [5.74, 6) is 0.0337. The summed E-state index contributed by atoms with van der Waals surface area (Å²) in [5, 5.41) is 4.61. The van der Waals surface area contributed by atoms with Crippen molar-refractivity contribution in [2.45, 2.75) is 5.92 Å². The van der Waals surface area contributed by atoms with Crippen molar-refractivity contribution in [2.75, 3.05) is 12.8 Å². The molecule has 1 unspecified atom stereocenters. The maximum absolute atomic E-state index is 6.53. The Morgan fingerprint density at radius 2 is 1.18 bits per heavy atom. The Balaban J connectivity index is 0.000000650. The van der Waals surface area contributed by atoms with Crippen LogP contribution >= 0.6 is 0 Å². The normalized spacial score (nSPS) is 11.2. The minimum absolute atomic E-state index is 0.0337. The van der Waals surface area contributed by atoms with Crippen LogP contribution in [0.3, 0.4) is 0 Å². The van der Waals surface area contributed by atoms with Gasteiger partial charge in [-0.3, -0.25) is 0 Å². The first-order chi connectivity index (χ1) is 24.2. The first kappa shape index (κ1) is 32.8. The van der Waals surface area contributed by atoms with Gasteiger partial charge < -0.3 is 15.9 Å². The molecular formula is C46H40N2O. The van der Waals surface area contributed by atoms with Crippen molar-refractivity contribution in [1.82, 2.24) is 0 Å². The summed E-state index contributed by atoms with van der Waals surface area (Å²) in [6, 6.07) is 55.7. The fourth-order valence-corrected chi connectivity index (χ4v) is 6.53. The number of hydrogen-bond acceptors (Lipinski definition) is 3. The summed E-state index contributed by atoms with van der Waals surface area (Å²) >= 11 is 0. The minimum Gasteiger partial charge on any atom is -0.455 e. The van der Waals surface area contributed by atoms with Crippen LogP contribution in [0.15, 0.2) is 187 Å². The molecule has 0 radical (unpaired) electrons. The lowest BCUT2D eigenvalue weighted by molar-refractivity contribution is 0.673. The van der Waals surface area contributed by atoms with E-state index in [0.29, 0.717) is 0 Å². The van der Waals surface area contributed by atoms with Gasteiger partial charge in [0.05, 0.1) is 0 Å². The second-order valence-corrected chi connectivity index (χ2v) is 11.6. The van der Waals surface area contributed by atoms with E-state index in [2.05, 4.69) is 164 Å². The summed E-state index contributed by atoms with van der Waals surface area (Å²) < 4.78 is 6.47. The van der Waals surface area contributed by atoms with Crippen molar-refractivity contribution in [3.63, 3.8) is 0 Å². The standard InChI is InChI=1S/C41H29NO.C4H6.CH5N/c42-37-21-7-6-19-35(37)39(28-12-2-1-3-13-28)32-17-9-15-30(26-32)29-14-8-16-31(25-29)33-20-10-22-38-40(33)36-24-23-27-11-4-5-18-34(27)41(36)43-38;1-3-4-2;1-2/h1-26,39H,42H2;3-4H,1-2H2;2H2,1H3. The van der Waals surface area contributed by atoms with E-state index in [1.807, 2.05) is 12.1 Å². The molecule has 8 rings (SSSR count). The topological polar surface area (TPSA) is 65.2 Å². The van der Waals surface area contributed by atoms with Crippen molar-refractivity contribution in [3.05, 3.63) is 200 Å². The van der Waals surface area contributed by atoms with Crippen molar-refractivity contribution in [2.24, 2.45) is 5.73 Å². The Morgan fingerprint density at radius 1 is 0.551 bits per heavy atom. The second kappa shape index (κ2) is 15.2. The Morgan fingerprint density at radius 3 is 1.96 bits per heavy atom. The van der Waals surface area contributed by atoms with Gasteiger partial charge in [0, 0.05) is 27.8 Å². The van der Waals surface area contributed by atoms with Gasteiger partial charge in [-0.1, -0.05) is 159 Å². The lowest BCUT2D eigenvalue weighted by atomic mass is 9.83. The van der Waals surface area contributed by atoms with Crippen LogP contribution in [0, 0.1) is 0 Å². The number of para-hydroxylation sites is 1. The minimum atomic E-state index is 0.0337. The van der Waals surface area contributed by atoms with Crippen LogP contribution in [0.5, 0.6) is 0 Å². The van der Waals surface area contributed by atoms with E-state index >= 15 is 0 Å². The maximum Gasteiger partial charge on any atom is 0.143 e. The van der Waals surface area contributed by atoms with Crippen molar-refractivity contribution in [3.8, 4) is 22.3 Å². The Kier molecular flexibility index (Phi) is 10.1. The molecular weight excluding hydrogens is 597 g/mol. The lowest BCUT2D eigenvalue weighted by Crippen LogP contribution is -2.06. The second-order valence-electron chi connectivity index (χ2n) is 11.6. The average Bonchev–Trinajstić information content (AvgIpc) is 3.57. The Labute approximate surface area is 288 Å². The number of nitrogen functional groups attached to an aromatic ring is 1. The van der Waals surface area contributed by atoms with E-state index in [1.165, 1.54) is 40.3 Å². The molecule has 0 spiro atoms. The van der Waals surface area contributed by atoms with E-state index in [-0.39, 0.29) is 5.92 Å². The van der Waals surface area contributed by atoms with Crippen molar-refractivity contribution >= 4 is 38.4 Å². The number of benzene rings is 7. The van der Waals surface area contributed by atoms with E-state index in [4.69, 9.17) is 10.2 Å². The average molecular weight is 637 g/mol. The van der Waals surface area contributed by atoms with Crippen LogP contribution in [0.1, 0.15) is 22.6 Å².